The second-order valence-corrected chi connectivity index (χ2v) is 5.48. The molecular formula is C13H20. The van der Waals surface area contributed by atoms with Crippen molar-refractivity contribution < 1.29 is 0 Å². The van der Waals surface area contributed by atoms with Gasteiger partial charge in [-0.05, 0) is 49.5 Å². The Morgan fingerprint density at radius 2 is 1.85 bits per heavy atom. The Morgan fingerprint density at radius 1 is 1.31 bits per heavy atom. The van der Waals surface area contributed by atoms with Crippen LogP contribution in [0.2, 0.25) is 0 Å². The Hall–Kier alpha value is -0.520. The average Bonchev–Trinajstić information content (AvgIpc) is 2.52. The first-order valence-electron chi connectivity index (χ1n) is 5.29. The molecule has 13 heavy (non-hydrogen) atoms. The Labute approximate surface area is 81.7 Å². The van der Waals surface area contributed by atoms with Crippen molar-refractivity contribution in [1.82, 2.24) is 0 Å². The van der Waals surface area contributed by atoms with Crippen LogP contribution in [0.15, 0.2) is 23.3 Å². The summed E-state index contributed by atoms with van der Waals surface area (Å²) in [5, 5.41) is 0. The van der Waals surface area contributed by atoms with E-state index in [1.54, 1.807) is 11.1 Å². The van der Waals surface area contributed by atoms with Crippen molar-refractivity contribution in [2.45, 2.75) is 40.5 Å². The van der Waals surface area contributed by atoms with Crippen LogP contribution in [0.1, 0.15) is 40.5 Å². The number of allylic oxidation sites excluding steroid dienone is 3. The lowest BCUT2D eigenvalue weighted by atomic mass is 9.89. The fourth-order valence-corrected chi connectivity index (χ4v) is 3.05. The predicted molar refractivity (Wildman–Crippen MR) is 57.5 cm³/mol. The first-order valence-corrected chi connectivity index (χ1v) is 5.29. The summed E-state index contributed by atoms with van der Waals surface area (Å²) < 4.78 is 0. The number of hydrogen-bond donors (Lipinski definition) is 0. The van der Waals surface area contributed by atoms with E-state index in [1.165, 1.54) is 18.4 Å². The van der Waals surface area contributed by atoms with Crippen LogP contribution in [-0.2, 0) is 0 Å². The summed E-state index contributed by atoms with van der Waals surface area (Å²) in [5.41, 5.74) is 5.06. The van der Waals surface area contributed by atoms with Gasteiger partial charge in [-0.2, -0.15) is 0 Å². The third kappa shape index (κ3) is 1.19. The second-order valence-electron chi connectivity index (χ2n) is 5.48. The van der Waals surface area contributed by atoms with E-state index in [4.69, 9.17) is 0 Å². The van der Waals surface area contributed by atoms with Gasteiger partial charge in [0.1, 0.15) is 0 Å². The highest BCUT2D eigenvalue weighted by molar-refractivity contribution is 5.37. The molecule has 1 fully saturated rings. The number of fused-ring (bicyclic) bond motifs is 1. The fourth-order valence-electron chi connectivity index (χ4n) is 3.05. The molecule has 0 N–H and O–H groups in total. The van der Waals surface area contributed by atoms with Gasteiger partial charge in [-0.1, -0.05) is 31.6 Å². The zero-order chi connectivity index (χ0) is 9.80. The van der Waals surface area contributed by atoms with E-state index in [2.05, 4.69) is 34.3 Å². The molecule has 0 radical (unpaired) electrons. The fraction of sp³-hybridized carbons (Fsp3) is 0.692. The lowest BCUT2D eigenvalue weighted by Crippen LogP contribution is -2.00. The highest BCUT2D eigenvalue weighted by Crippen LogP contribution is 2.66. The molecule has 1 saturated carbocycles. The molecular weight excluding hydrogens is 156 g/mol. The Bertz CT molecular complexity index is 291. The summed E-state index contributed by atoms with van der Waals surface area (Å²) in [6.07, 6.45) is 2.61. The monoisotopic (exact) mass is 176 g/mol. The van der Waals surface area contributed by atoms with Crippen molar-refractivity contribution in [2.75, 3.05) is 0 Å². The summed E-state index contributed by atoms with van der Waals surface area (Å²) in [6, 6.07) is 0. The van der Waals surface area contributed by atoms with E-state index in [0.29, 0.717) is 5.41 Å². The largest absolute Gasteiger partial charge is 0.0958 e. The molecule has 0 nitrogen and oxygen atoms in total. The number of rotatable bonds is 1. The van der Waals surface area contributed by atoms with Gasteiger partial charge in [0.2, 0.25) is 0 Å². The first-order chi connectivity index (χ1) is 5.94. The van der Waals surface area contributed by atoms with Gasteiger partial charge in [-0.25, -0.2) is 0 Å². The molecule has 2 rings (SSSR count). The molecule has 0 aromatic rings. The molecule has 2 aliphatic rings. The maximum atomic E-state index is 4.07. The minimum Gasteiger partial charge on any atom is -0.0958 e. The molecule has 2 unspecified atom stereocenters. The van der Waals surface area contributed by atoms with Gasteiger partial charge in [0.05, 0.1) is 0 Å². The molecule has 0 spiro atoms. The molecule has 0 aromatic carbocycles. The Kier molecular flexibility index (Phi) is 1.74. The molecule has 0 heteroatoms. The maximum absolute atomic E-state index is 4.07. The van der Waals surface area contributed by atoms with Gasteiger partial charge in [-0.15, -0.1) is 0 Å². The van der Waals surface area contributed by atoms with Gasteiger partial charge in [0, 0.05) is 0 Å². The van der Waals surface area contributed by atoms with E-state index in [0.717, 1.165) is 11.8 Å². The van der Waals surface area contributed by atoms with Crippen molar-refractivity contribution in [2.24, 2.45) is 17.3 Å². The van der Waals surface area contributed by atoms with E-state index in [9.17, 15) is 0 Å². The quantitative estimate of drug-likeness (QED) is 0.567. The maximum Gasteiger partial charge on any atom is -0.0240 e. The molecule has 0 heterocycles. The Balaban J connectivity index is 2.21. The summed E-state index contributed by atoms with van der Waals surface area (Å²) in [5.74, 6) is 1.92. The van der Waals surface area contributed by atoms with Crippen molar-refractivity contribution in [3.63, 3.8) is 0 Å². The van der Waals surface area contributed by atoms with Gasteiger partial charge >= 0.3 is 0 Å². The van der Waals surface area contributed by atoms with Crippen LogP contribution in [0.4, 0.5) is 0 Å². The molecule has 0 aliphatic heterocycles. The molecule has 0 bridgehead atoms. The van der Waals surface area contributed by atoms with Crippen LogP contribution in [0.3, 0.4) is 0 Å². The third-order valence-electron chi connectivity index (χ3n) is 4.27. The van der Waals surface area contributed by atoms with E-state index < -0.39 is 0 Å². The zero-order valence-corrected chi connectivity index (χ0v) is 9.28. The second kappa shape index (κ2) is 2.50. The van der Waals surface area contributed by atoms with Crippen molar-refractivity contribution in [3.8, 4) is 0 Å². The lowest BCUT2D eigenvalue weighted by molar-refractivity contribution is 0.541. The van der Waals surface area contributed by atoms with Crippen LogP contribution >= 0.6 is 0 Å². The summed E-state index contributed by atoms with van der Waals surface area (Å²) in [6.45, 7) is 13.3. The highest BCUT2D eigenvalue weighted by Gasteiger charge is 2.58. The number of hydrogen-bond acceptors (Lipinski definition) is 0. The lowest BCUT2D eigenvalue weighted by Gasteiger charge is -2.16. The van der Waals surface area contributed by atoms with Crippen molar-refractivity contribution >= 4 is 0 Å². The van der Waals surface area contributed by atoms with Crippen molar-refractivity contribution in [1.29, 1.82) is 0 Å². The van der Waals surface area contributed by atoms with Crippen molar-refractivity contribution in [3.05, 3.63) is 23.3 Å². The topological polar surface area (TPSA) is 0 Å². The normalized spacial score (nSPS) is 35.7. The van der Waals surface area contributed by atoms with Crippen LogP contribution in [0.25, 0.3) is 0 Å². The molecule has 2 atom stereocenters. The predicted octanol–water partition coefficient (Wildman–Crippen LogP) is 3.95. The standard InChI is InChI=1S/C13H20/c1-8(2)10-7-12-11(6-9(10)3)13(12,4)5/h11-12H,1,6-7H2,2-5H3. The van der Waals surface area contributed by atoms with Crippen LogP contribution in [-0.4, -0.2) is 0 Å². The summed E-state index contributed by atoms with van der Waals surface area (Å²) in [7, 11) is 0. The SMILES string of the molecule is C=C(C)C1=C(C)CC2C(C1)C2(C)C. The molecule has 2 aliphatic carbocycles. The van der Waals surface area contributed by atoms with Crippen LogP contribution < -0.4 is 0 Å². The third-order valence-corrected chi connectivity index (χ3v) is 4.27. The van der Waals surface area contributed by atoms with E-state index >= 15 is 0 Å². The first kappa shape index (κ1) is 9.05. The van der Waals surface area contributed by atoms with Gasteiger partial charge in [-0.3, -0.25) is 0 Å². The van der Waals surface area contributed by atoms with Gasteiger partial charge in [0.15, 0.2) is 0 Å². The molecule has 0 amide bonds. The minimum absolute atomic E-state index is 0.610. The van der Waals surface area contributed by atoms with E-state index in [-0.39, 0.29) is 0 Å². The zero-order valence-electron chi connectivity index (χ0n) is 9.28. The van der Waals surface area contributed by atoms with E-state index in [1.807, 2.05) is 0 Å². The average molecular weight is 176 g/mol. The van der Waals surface area contributed by atoms with Gasteiger partial charge in [0.25, 0.3) is 0 Å². The summed E-state index contributed by atoms with van der Waals surface area (Å²) >= 11 is 0. The van der Waals surface area contributed by atoms with Gasteiger partial charge < -0.3 is 0 Å². The molecule has 0 aromatic heterocycles. The molecule has 0 saturated heterocycles. The van der Waals surface area contributed by atoms with Crippen LogP contribution in [0.5, 0.6) is 0 Å². The smallest absolute Gasteiger partial charge is 0.0240 e. The minimum atomic E-state index is 0.610. The summed E-state index contributed by atoms with van der Waals surface area (Å²) in [4.78, 5) is 0. The van der Waals surface area contributed by atoms with Crippen LogP contribution in [0, 0.1) is 17.3 Å². The molecule has 72 valence electrons. The highest BCUT2D eigenvalue weighted by atomic mass is 14.6. The Morgan fingerprint density at radius 3 is 2.38 bits per heavy atom.